The van der Waals surface area contributed by atoms with Crippen molar-refractivity contribution in [2.75, 3.05) is 32.9 Å². The number of methoxy groups -OCH3 is 1. The van der Waals surface area contributed by atoms with Crippen molar-refractivity contribution in [3.8, 4) is 11.6 Å². The normalized spacial score (nSPS) is 31.0. The van der Waals surface area contributed by atoms with Gasteiger partial charge in [0.15, 0.2) is 0 Å². The second kappa shape index (κ2) is 10.9. The van der Waals surface area contributed by atoms with Crippen molar-refractivity contribution < 1.29 is 28.1 Å². The van der Waals surface area contributed by atoms with Crippen molar-refractivity contribution in [3.05, 3.63) is 17.8 Å². The average Bonchev–Trinajstić information content (AvgIpc) is 3.13. The molecule has 4 aliphatic rings. The Morgan fingerprint density at radius 1 is 1.25 bits per heavy atom. The van der Waals surface area contributed by atoms with E-state index in [0.29, 0.717) is 24.2 Å². The van der Waals surface area contributed by atoms with Gasteiger partial charge in [-0.2, -0.15) is 0 Å². The molecule has 2 fully saturated rings. The van der Waals surface area contributed by atoms with Crippen LogP contribution < -0.4 is 14.2 Å². The molecular formula is C22H32FN3O5S. The SMILES string of the molecule is COc1cc2nc(c1)C1CCC(CC1)OCC1[C@@H](NSCF)CC(C)N1C(=O)OCCO2. The number of pyridine rings is 1. The van der Waals surface area contributed by atoms with Gasteiger partial charge in [-0.05, 0) is 51.0 Å². The van der Waals surface area contributed by atoms with Crippen molar-refractivity contribution in [1.82, 2.24) is 14.6 Å². The molecule has 178 valence electrons. The molecule has 32 heavy (non-hydrogen) atoms. The number of hydrogen-bond donors (Lipinski definition) is 1. The van der Waals surface area contributed by atoms with Gasteiger partial charge in [0.25, 0.3) is 0 Å². The van der Waals surface area contributed by atoms with Gasteiger partial charge in [0.05, 0.1) is 31.6 Å². The zero-order chi connectivity index (χ0) is 22.5. The van der Waals surface area contributed by atoms with Crippen molar-refractivity contribution >= 4 is 18.0 Å². The molecule has 4 bridgehead atoms. The molecule has 1 saturated heterocycles. The lowest BCUT2D eigenvalue weighted by Crippen LogP contribution is -2.48. The molecule has 1 aromatic heterocycles. The standard InChI is InChI=1S/C22H32FN3O5S/c1-14-9-19(25-32-13-23)20-12-31-16-5-3-15(4-6-16)18-10-17(28-2)11-21(24-18)29-7-8-30-22(27)26(14)20/h10-11,14-16,19-20,25H,3-9,12-13H2,1-2H3/t14?,15?,16?,19-,20?/m0/s1. The molecule has 1 N–H and O–H groups in total. The highest BCUT2D eigenvalue weighted by atomic mass is 32.2. The predicted molar refractivity (Wildman–Crippen MR) is 119 cm³/mol. The highest BCUT2D eigenvalue weighted by Crippen LogP contribution is 2.36. The average molecular weight is 470 g/mol. The lowest BCUT2D eigenvalue weighted by atomic mass is 9.85. The lowest BCUT2D eigenvalue weighted by Gasteiger charge is -2.33. The molecule has 1 aromatic rings. The number of aromatic nitrogens is 1. The van der Waals surface area contributed by atoms with E-state index in [-0.39, 0.29) is 37.4 Å². The summed E-state index contributed by atoms with van der Waals surface area (Å²) in [5.41, 5.74) is 0.963. The molecule has 8 nitrogen and oxygen atoms in total. The highest BCUT2D eigenvalue weighted by molar-refractivity contribution is 7.97. The van der Waals surface area contributed by atoms with Crippen LogP contribution in [0.2, 0.25) is 0 Å². The summed E-state index contributed by atoms with van der Waals surface area (Å²) in [6.45, 7) is 2.68. The molecule has 5 rings (SSSR count). The summed E-state index contributed by atoms with van der Waals surface area (Å²) in [7, 11) is 1.63. The van der Waals surface area contributed by atoms with Crippen LogP contribution >= 0.6 is 11.9 Å². The second-order valence-electron chi connectivity index (χ2n) is 8.58. The van der Waals surface area contributed by atoms with Crippen molar-refractivity contribution in [1.29, 1.82) is 0 Å². The molecule has 3 atom stereocenters. The van der Waals surface area contributed by atoms with Crippen molar-refractivity contribution in [2.24, 2.45) is 0 Å². The van der Waals surface area contributed by atoms with E-state index in [1.807, 2.05) is 13.0 Å². The summed E-state index contributed by atoms with van der Waals surface area (Å²) >= 11 is 1.02. The van der Waals surface area contributed by atoms with E-state index in [9.17, 15) is 9.18 Å². The fourth-order valence-electron chi connectivity index (χ4n) is 4.95. The maximum absolute atomic E-state index is 12.9. The fourth-order valence-corrected chi connectivity index (χ4v) is 5.48. The molecule has 2 unspecified atom stereocenters. The quantitative estimate of drug-likeness (QED) is 0.669. The molecule has 0 aromatic carbocycles. The van der Waals surface area contributed by atoms with Gasteiger partial charge in [-0.3, -0.25) is 9.62 Å². The molecule has 1 saturated carbocycles. The van der Waals surface area contributed by atoms with Gasteiger partial charge in [-0.15, -0.1) is 0 Å². The Labute approximate surface area is 192 Å². The Kier molecular flexibility index (Phi) is 7.96. The molecule has 1 aliphatic carbocycles. The molecule has 4 heterocycles. The Morgan fingerprint density at radius 3 is 2.78 bits per heavy atom. The minimum atomic E-state index is -0.525. The van der Waals surface area contributed by atoms with Crippen LogP contribution in [-0.4, -0.2) is 73.1 Å². The maximum atomic E-state index is 12.9. The summed E-state index contributed by atoms with van der Waals surface area (Å²) in [6, 6.07) is 2.90. The summed E-state index contributed by atoms with van der Waals surface area (Å²) < 4.78 is 38.9. The minimum absolute atomic E-state index is 0.0352. The Balaban J connectivity index is 1.52. The van der Waals surface area contributed by atoms with Gasteiger partial charge in [0, 0.05) is 30.1 Å². The summed E-state index contributed by atoms with van der Waals surface area (Å²) in [6.07, 6.45) is 4.22. The van der Waals surface area contributed by atoms with Crippen LogP contribution in [0.25, 0.3) is 0 Å². The smallest absolute Gasteiger partial charge is 0.410 e. The first-order valence-electron chi connectivity index (χ1n) is 11.3. The van der Waals surface area contributed by atoms with E-state index in [0.717, 1.165) is 49.7 Å². The van der Waals surface area contributed by atoms with Crippen LogP contribution in [0.1, 0.15) is 50.6 Å². The summed E-state index contributed by atoms with van der Waals surface area (Å²) in [5, 5.41) is 0. The zero-order valence-corrected chi connectivity index (χ0v) is 19.4. The van der Waals surface area contributed by atoms with E-state index >= 15 is 0 Å². The molecule has 10 heteroatoms. The number of nitrogens with one attached hydrogen (secondary N) is 1. The number of hydrogen-bond acceptors (Lipinski definition) is 8. The predicted octanol–water partition coefficient (Wildman–Crippen LogP) is 3.66. The van der Waals surface area contributed by atoms with Crippen LogP contribution in [0, 0.1) is 0 Å². The number of nitrogens with zero attached hydrogens (tertiary/aromatic N) is 2. The first kappa shape index (κ1) is 23.4. The molecule has 0 radical (unpaired) electrons. The second-order valence-corrected chi connectivity index (χ2v) is 9.32. The number of fused-ring (bicyclic) bond motifs is 7. The monoisotopic (exact) mass is 469 g/mol. The van der Waals surface area contributed by atoms with Gasteiger partial charge in [-0.1, -0.05) is 0 Å². The van der Waals surface area contributed by atoms with Gasteiger partial charge in [-0.25, -0.2) is 14.2 Å². The Bertz CT molecular complexity index is 780. The van der Waals surface area contributed by atoms with Crippen LogP contribution in [-0.2, 0) is 9.47 Å². The van der Waals surface area contributed by atoms with E-state index in [1.165, 1.54) is 0 Å². The first-order valence-corrected chi connectivity index (χ1v) is 12.3. The highest BCUT2D eigenvalue weighted by Gasteiger charge is 2.43. The van der Waals surface area contributed by atoms with Crippen molar-refractivity contribution in [3.63, 3.8) is 0 Å². The van der Waals surface area contributed by atoms with Crippen LogP contribution in [0.3, 0.4) is 0 Å². The van der Waals surface area contributed by atoms with E-state index < -0.39 is 12.1 Å². The lowest BCUT2D eigenvalue weighted by molar-refractivity contribution is -0.0117. The first-order chi connectivity index (χ1) is 15.6. The van der Waals surface area contributed by atoms with Gasteiger partial charge in [0.1, 0.15) is 25.0 Å². The minimum Gasteiger partial charge on any atom is -0.496 e. The molecule has 1 amide bonds. The third kappa shape index (κ3) is 5.40. The number of carbonyl (C=O) groups is 1. The van der Waals surface area contributed by atoms with E-state index in [1.54, 1.807) is 18.1 Å². The van der Waals surface area contributed by atoms with Gasteiger partial charge >= 0.3 is 6.09 Å². The summed E-state index contributed by atoms with van der Waals surface area (Å²) in [5.74, 6) is 1.51. The van der Waals surface area contributed by atoms with E-state index in [4.69, 9.17) is 18.9 Å². The van der Waals surface area contributed by atoms with Crippen LogP contribution in [0.15, 0.2) is 12.1 Å². The third-order valence-corrected chi connectivity index (χ3v) is 7.16. The van der Waals surface area contributed by atoms with Crippen molar-refractivity contribution in [2.45, 2.75) is 69.2 Å². The maximum Gasteiger partial charge on any atom is 0.410 e. The number of alkyl halides is 1. The van der Waals surface area contributed by atoms with Crippen LogP contribution in [0.5, 0.6) is 11.6 Å². The van der Waals surface area contributed by atoms with Gasteiger partial charge in [0.2, 0.25) is 5.88 Å². The largest absolute Gasteiger partial charge is 0.496 e. The zero-order valence-electron chi connectivity index (χ0n) is 18.6. The Morgan fingerprint density at radius 2 is 2.03 bits per heavy atom. The molecular weight excluding hydrogens is 437 g/mol. The molecule has 3 aliphatic heterocycles. The molecule has 0 spiro atoms. The summed E-state index contributed by atoms with van der Waals surface area (Å²) in [4.78, 5) is 19.3. The number of rotatable bonds is 4. The van der Waals surface area contributed by atoms with Gasteiger partial charge < -0.3 is 18.9 Å². The number of halogens is 1. The number of ether oxygens (including phenoxy) is 4. The fraction of sp³-hybridized carbons (Fsp3) is 0.727. The topological polar surface area (TPSA) is 82.2 Å². The Hall–Kier alpha value is -1.78. The van der Waals surface area contributed by atoms with Crippen LogP contribution in [0.4, 0.5) is 9.18 Å². The number of amides is 1. The number of carbonyl (C=O) groups excluding carboxylic acids is 1. The van der Waals surface area contributed by atoms with E-state index in [2.05, 4.69) is 9.71 Å². The third-order valence-electron chi connectivity index (χ3n) is 6.58.